The summed E-state index contributed by atoms with van der Waals surface area (Å²) in [7, 11) is 1.63. The maximum absolute atomic E-state index is 13.4. The molecule has 0 atom stereocenters. The zero-order valence-electron chi connectivity index (χ0n) is 18.6. The van der Waals surface area contributed by atoms with E-state index >= 15 is 0 Å². The van der Waals surface area contributed by atoms with Crippen molar-refractivity contribution in [3.05, 3.63) is 33.2 Å². The van der Waals surface area contributed by atoms with Crippen molar-refractivity contribution in [2.24, 2.45) is 13.0 Å². The van der Waals surface area contributed by atoms with E-state index < -0.39 is 5.92 Å². The molecule has 10 heteroatoms. The third-order valence-corrected chi connectivity index (χ3v) is 5.71. The highest BCUT2D eigenvalue weighted by Crippen LogP contribution is 2.44. The van der Waals surface area contributed by atoms with Crippen molar-refractivity contribution in [3.8, 4) is 22.8 Å². The van der Waals surface area contributed by atoms with Crippen LogP contribution in [0.4, 0.5) is 8.78 Å². The van der Waals surface area contributed by atoms with Gasteiger partial charge in [-0.1, -0.05) is 20.8 Å². The summed E-state index contributed by atoms with van der Waals surface area (Å²) >= 11 is 0. The average Bonchev–Trinajstić information content (AvgIpc) is 3.16. The molecule has 0 aliphatic heterocycles. The molecule has 0 radical (unpaired) electrons. The summed E-state index contributed by atoms with van der Waals surface area (Å²) in [6, 6.07) is 1.50. The van der Waals surface area contributed by atoms with Crippen LogP contribution in [0.2, 0.25) is 0 Å². The minimum Gasteiger partial charge on any atom is -0.357 e. The molecule has 0 aromatic carbocycles. The van der Waals surface area contributed by atoms with E-state index in [1.807, 2.05) is 6.92 Å². The number of nitrogens with one attached hydrogen (secondary N) is 1. The Morgan fingerprint density at radius 1 is 1.23 bits per heavy atom. The van der Waals surface area contributed by atoms with Crippen LogP contribution in [0.5, 0.6) is 0 Å². The Morgan fingerprint density at radius 2 is 1.90 bits per heavy atom. The molecule has 0 bridgehead atoms. The molecule has 0 spiro atoms. The van der Waals surface area contributed by atoms with Gasteiger partial charge in [0, 0.05) is 42.1 Å². The van der Waals surface area contributed by atoms with Crippen LogP contribution in [0.1, 0.15) is 50.6 Å². The predicted octanol–water partition coefficient (Wildman–Crippen LogP) is 3.39. The van der Waals surface area contributed by atoms with Gasteiger partial charge in [-0.2, -0.15) is 9.90 Å². The number of rotatable bonds is 4. The first-order valence-electron chi connectivity index (χ1n) is 10.3. The van der Waals surface area contributed by atoms with Gasteiger partial charge in [0.05, 0.1) is 29.7 Å². The van der Waals surface area contributed by atoms with Crippen molar-refractivity contribution < 1.29 is 8.78 Å². The number of aryl methyl sites for hydroxylation is 2. The normalized spacial score (nSPS) is 16.5. The summed E-state index contributed by atoms with van der Waals surface area (Å²) in [5, 5.41) is 16.7. The number of aromatic nitrogens is 7. The van der Waals surface area contributed by atoms with Crippen molar-refractivity contribution in [2.75, 3.05) is 0 Å². The van der Waals surface area contributed by atoms with Crippen LogP contribution in [0.3, 0.4) is 0 Å². The van der Waals surface area contributed by atoms with Crippen molar-refractivity contribution >= 4 is 0 Å². The molecule has 3 heterocycles. The maximum atomic E-state index is 13.4. The Morgan fingerprint density at radius 3 is 2.42 bits per heavy atom. The Hall–Kier alpha value is -2.91. The number of hydrogen-bond donors (Lipinski definition) is 1. The fourth-order valence-corrected chi connectivity index (χ4v) is 4.37. The van der Waals surface area contributed by atoms with Crippen molar-refractivity contribution in [2.45, 2.75) is 65.3 Å². The maximum Gasteiger partial charge on any atom is 0.248 e. The summed E-state index contributed by atoms with van der Waals surface area (Å²) in [4.78, 5) is 17.6. The van der Waals surface area contributed by atoms with Gasteiger partial charge in [0.2, 0.25) is 11.7 Å². The standard InChI is InChI=1S/C21H27F2N7O/c1-11-17(14-7-15(31)16(12(2)24-14)19-25-28-29(6)27-19)30(26-18(11)20(3,4)5)10-13-8-21(22,23)9-13/h7,13H,8-10H2,1-6H3,(H,24,31). The molecule has 0 saturated heterocycles. The highest BCUT2D eigenvalue weighted by Gasteiger charge is 2.45. The van der Waals surface area contributed by atoms with E-state index in [1.54, 1.807) is 18.7 Å². The summed E-state index contributed by atoms with van der Waals surface area (Å²) < 4.78 is 28.6. The van der Waals surface area contributed by atoms with Crippen LogP contribution in [0, 0.1) is 19.8 Å². The highest BCUT2D eigenvalue weighted by atomic mass is 19.3. The fourth-order valence-electron chi connectivity index (χ4n) is 4.37. The fraction of sp³-hybridized carbons (Fsp3) is 0.571. The first kappa shape index (κ1) is 21.3. The lowest BCUT2D eigenvalue weighted by atomic mass is 9.81. The lowest BCUT2D eigenvalue weighted by Gasteiger charge is -2.35. The number of aromatic amines is 1. The second-order valence-electron chi connectivity index (χ2n) is 9.53. The molecule has 8 nitrogen and oxygen atoms in total. The first-order chi connectivity index (χ1) is 14.4. The molecular formula is C21H27F2N7O. The molecule has 31 heavy (non-hydrogen) atoms. The number of halogens is 2. The molecule has 1 saturated carbocycles. The molecule has 3 aromatic heterocycles. The second-order valence-corrected chi connectivity index (χ2v) is 9.53. The number of hydrogen-bond acceptors (Lipinski definition) is 5. The number of H-pyrrole nitrogens is 1. The molecule has 0 unspecified atom stereocenters. The van der Waals surface area contributed by atoms with Gasteiger partial charge in [-0.15, -0.1) is 10.2 Å². The van der Waals surface area contributed by atoms with Crippen LogP contribution in [-0.2, 0) is 19.0 Å². The number of pyridine rings is 1. The molecule has 0 amide bonds. The van der Waals surface area contributed by atoms with Gasteiger partial charge in [0.1, 0.15) is 0 Å². The largest absolute Gasteiger partial charge is 0.357 e. The van der Waals surface area contributed by atoms with Crippen LogP contribution >= 0.6 is 0 Å². The van der Waals surface area contributed by atoms with E-state index in [-0.39, 0.29) is 35.4 Å². The van der Waals surface area contributed by atoms with Crippen LogP contribution in [0.25, 0.3) is 22.8 Å². The van der Waals surface area contributed by atoms with Crippen molar-refractivity contribution in [3.63, 3.8) is 0 Å². The highest BCUT2D eigenvalue weighted by molar-refractivity contribution is 5.66. The van der Waals surface area contributed by atoms with Crippen LogP contribution in [-0.4, -0.2) is 40.9 Å². The van der Waals surface area contributed by atoms with Crippen LogP contribution < -0.4 is 5.43 Å². The Kier molecular flexibility index (Phi) is 4.86. The lowest BCUT2D eigenvalue weighted by molar-refractivity contribution is -0.114. The number of nitrogens with zero attached hydrogens (tertiary/aromatic N) is 6. The van der Waals surface area contributed by atoms with Crippen LogP contribution in [0.15, 0.2) is 10.9 Å². The quantitative estimate of drug-likeness (QED) is 0.683. The molecule has 1 aliphatic rings. The van der Waals surface area contributed by atoms with E-state index in [1.165, 1.54) is 10.9 Å². The minimum atomic E-state index is -2.59. The average molecular weight is 431 g/mol. The monoisotopic (exact) mass is 431 g/mol. The first-order valence-corrected chi connectivity index (χ1v) is 10.3. The summed E-state index contributed by atoms with van der Waals surface area (Å²) in [6.07, 6.45) is -0.272. The van der Waals surface area contributed by atoms with Gasteiger partial charge in [-0.05, 0) is 25.0 Å². The second kappa shape index (κ2) is 7.06. The van der Waals surface area contributed by atoms with Gasteiger partial charge in [0.15, 0.2) is 5.43 Å². The Bertz CT molecular complexity index is 1190. The molecule has 3 aromatic rings. The molecule has 4 rings (SSSR count). The summed E-state index contributed by atoms with van der Waals surface area (Å²) in [5.74, 6) is -2.47. The minimum absolute atomic E-state index is 0.136. The Labute approximate surface area is 178 Å². The smallest absolute Gasteiger partial charge is 0.248 e. The van der Waals surface area contributed by atoms with Gasteiger partial charge in [-0.25, -0.2) is 8.78 Å². The van der Waals surface area contributed by atoms with E-state index in [0.29, 0.717) is 23.5 Å². The Balaban J connectivity index is 1.81. The van der Waals surface area contributed by atoms with Crippen molar-refractivity contribution in [1.29, 1.82) is 0 Å². The summed E-state index contributed by atoms with van der Waals surface area (Å²) in [5.41, 5.74) is 3.66. The van der Waals surface area contributed by atoms with E-state index in [9.17, 15) is 13.6 Å². The predicted molar refractivity (Wildman–Crippen MR) is 112 cm³/mol. The molecule has 166 valence electrons. The third kappa shape index (κ3) is 3.90. The van der Waals surface area contributed by atoms with Crippen molar-refractivity contribution in [1.82, 2.24) is 35.0 Å². The van der Waals surface area contributed by atoms with E-state index in [0.717, 1.165) is 17.0 Å². The molecular weight excluding hydrogens is 404 g/mol. The van der Waals surface area contributed by atoms with Gasteiger partial charge in [-0.3, -0.25) is 9.48 Å². The van der Waals surface area contributed by atoms with E-state index in [2.05, 4.69) is 41.2 Å². The van der Waals surface area contributed by atoms with Gasteiger partial charge >= 0.3 is 0 Å². The topological polar surface area (TPSA) is 94.3 Å². The molecule has 1 N–H and O–H groups in total. The summed E-state index contributed by atoms with van der Waals surface area (Å²) in [6.45, 7) is 10.3. The van der Waals surface area contributed by atoms with Gasteiger partial charge in [0.25, 0.3) is 0 Å². The number of alkyl halides is 2. The lowest BCUT2D eigenvalue weighted by Crippen LogP contribution is -2.38. The zero-order valence-corrected chi connectivity index (χ0v) is 18.6. The molecule has 1 aliphatic carbocycles. The van der Waals surface area contributed by atoms with Gasteiger partial charge < -0.3 is 4.98 Å². The third-order valence-electron chi connectivity index (χ3n) is 5.71. The SMILES string of the molecule is Cc1[nH]c(-c2c(C)c(C(C)(C)C)nn2CC2CC(F)(F)C2)cc(=O)c1-c1nnn(C)n1. The zero-order chi connectivity index (χ0) is 22.7. The molecule has 1 fully saturated rings. The van der Waals surface area contributed by atoms with E-state index in [4.69, 9.17) is 5.10 Å². The number of tetrazole rings is 1.